The molecule has 2 N–H and O–H groups in total. The van der Waals surface area contributed by atoms with Crippen LogP contribution in [0, 0.1) is 11.3 Å². The number of ether oxygens (including phenoxy) is 1. The quantitative estimate of drug-likeness (QED) is 0.528. The fourth-order valence-corrected chi connectivity index (χ4v) is 4.58. The minimum atomic E-state index is -1.75. The van der Waals surface area contributed by atoms with E-state index in [2.05, 4.69) is 15.9 Å². The first-order valence-electron chi connectivity index (χ1n) is 8.64. The summed E-state index contributed by atoms with van der Waals surface area (Å²) in [6, 6.07) is 14.0. The highest BCUT2D eigenvalue weighted by molar-refractivity contribution is 9.10. The lowest BCUT2D eigenvalue weighted by Crippen LogP contribution is -2.47. The maximum Gasteiger partial charge on any atom is 0.345 e. The lowest BCUT2D eigenvalue weighted by atomic mass is 9.69. The number of hydrogen-bond acceptors (Lipinski definition) is 6. The fraction of sp³-hybridized carbons (Fsp3) is 0.0952. The van der Waals surface area contributed by atoms with Crippen molar-refractivity contribution >= 4 is 38.5 Å². The van der Waals surface area contributed by atoms with E-state index in [0.717, 1.165) is 0 Å². The monoisotopic (exact) mass is 449 g/mol. The van der Waals surface area contributed by atoms with Crippen LogP contribution < -0.4 is 21.0 Å². The van der Waals surface area contributed by atoms with Crippen molar-refractivity contribution in [3.05, 3.63) is 79.9 Å². The van der Waals surface area contributed by atoms with Crippen molar-refractivity contribution in [1.29, 1.82) is 5.26 Å². The van der Waals surface area contributed by atoms with Crippen molar-refractivity contribution < 1.29 is 13.9 Å². The number of carbonyl (C=O) groups is 1. The summed E-state index contributed by atoms with van der Waals surface area (Å²) in [5, 5.41) is 10.4. The predicted octanol–water partition coefficient (Wildman–Crippen LogP) is 2.90. The Morgan fingerprint density at radius 3 is 2.72 bits per heavy atom. The molecule has 8 heteroatoms. The molecule has 2 aliphatic rings. The molecule has 0 radical (unpaired) electrons. The third kappa shape index (κ3) is 2.00. The number of anilines is 1. The first kappa shape index (κ1) is 17.5. The Morgan fingerprint density at radius 2 is 1.97 bits per heavy atom. The van der Waals surface area contributed by atoms with Crippen molar-refractivity contribution in [2.75, 3.05) is 11.9 Å². The van der Waals surface area contributed by atoms with Crippen LogP contribution in [-0.2, 0) is 10.2 Å². The number of rotatable bonds is 0. The van der Waals surface area contributed by atoms with Crippen molar-refractivity contribution in [2.45, 2.75) is 5.41 Å². The third-order valence-electron chi connectivity index (χ3n) is 5.44. The molecule has 29 heavy (non-hydrogen) atoms. The summed E-state index contributed by atoms with van der Waals surface area (Å²) in [5.74, 6) is -0.564. The van der Waals surface area contributed by atoms with Gasteiger partial charge in [-0.2, -0.15) is 5.26 Å². The molecule has 0 aliphatic carbocycles. The molecular formula is C21H12BrN3O4. The second-order valence-corrected chi connectivity index (χ2v) is 7.73. The standard InChI is InChI=1S/C21H12BrN3O4/c1-25-14-7-6-10(22)8-12(14)21(20(25)27)13(9-23)18(24)29-17-11-4-2-3-5-15(11)28-19(26)16(17)21/h2-8H,24H2,1H3. The van der Waals surface area contributed by atoms with Crippen LogP contribution in [0.2, 0.25) is 0 Å². The van der Waals surface area contributed by atoms with E-state index in [1.54, 1.807) is 49.5 Å². The van der Waals surface area contributed by atoms with Crippen LogP contribution in [0.1, 0.15) is 11.1 Å². The van der Waals surface area contributed by atoms with Crippen molar-refractivity contribution in [3.63, 3.8) is 0 Å². The van der Waals surface area contributed by atoms with E-state index in [0.29, 0.717) is 26.7 Å². The van der Waals surface area contributed by atoms with E-state index in [1.807, 2.05) is 6.07 Å². The molecule has 1 spiro atoms. The fourth-order valence-electron chi connectivity index (χ4n) is 4.22. The zero-order chi connectivity index (χ0) is 20.5. The topological polar surface area (TPSA) is 110 Å². The van der Waals surface area contributed by atoms with Gasteiger partial charge in [0.15, 0.2) is 11.2 Å². The number of amides is 1. The number of fused-ring (bicyclic) bond motifs is 6. The normalized spacial score (nSPS) is 19.9. The molecule has 0 saturated carbocycles. The van der Waals surface area contributed by atoms with Crippen molar-refractivity contribution in [1.82, 2.24) is 0 Å². The van der Waals surface area contributed by atoms with Gasteiger partial charge in [0.05, 0.1) is 5.39 Å². The number of nitrogens with two attached hydrogens (primary N) is 1. The number of nitrogens with zero attached hydrogens (tertiary/aromatic N) is 2. The Kier molecular flexibility index (Phi) is 3.46. The summed E-state index contributed by atoms with van der Waals surface area (Å²) in [6.07, 6.45) is 0. The van der Waals surface area contributed by atoms with Crippen LogP contribution in [0.15, 0.2) is 67.6 Å². The lowest BCUT2D eigenvalue weighted by molar-refractivity contribution is -0.120. The van der Waals surface area contributed by atoms with E-state index in [-0.39, 0.29) is 22.8 Å². The average molecular weight is 450 g/mol. The largest absolute Gasteiger partial charge is 0.439 e. The molecule has 1 unspecified atom stereocenters. The molecule has 2 aliphatic heterocycles. The Labute approximate surface area is 172 Å². The van der Waals surface area contributed by atoms with Crippen LogP contribution in [0.3, 0.4) is 0 Å². The van der Waals surface area contributed by atoms with Gasteiger partial charge < -0.3 is 19.8 Å². The molecule has 7 nitrogen and oxygen atoms in total. The molecule has 0 bridgehead atoms. The molecular weight excluding hydrogens is 438 g/mol. The van der Waals surface area contributed by atoms with Crippen LogP contribution in [0.5, 0.6) is 5.75 Å². The first-order chi connectivity index (χ1) is 13.9. The number of benzene rings is 2. The summed E-state index contributed by atoms with van der Waals surface area (Å²) in [5.41, 5.74) is 4.77. The number of likely N-dealkylation sites (N-methyl/N-ethyl adjacent to an activating group) is 1. The molecule has 142 valence electrons. The van der Waals surface area contributed by atoms with Gasteiger partial charge in [0.25, 0.3) is 0 Å². The van der Waals surface area contributed by atoms with Gasteiger partial charge in [0.2, 0.25) is 11.8 Å². The van der Waals surface area contributed by atoms with E-state index >= 15 is 0 Å². The number of nitriles is 1. The van der Waals surface area contributed by atoms with E-state index in [1.165, 1.54) is 4.90 Å². The maximum atomic E-state index is 13.6. The van der Waals surface area contributed by atoms with Gasteiger partial charge in [-0.3, -0.25) is 4.79 Å². The molecule has 1 atom stereocenters. The number of hydrogen-bond donors (Lipinski definition) is 1. The second-order valence-electron chi connectivity index (χ2n) is 6.82. The summed E-state index contributed by atoms with van der Waals surface area (Å²) in [4.78, 5) is 28.2. The zero-order valence-corrected chi connectivity index (χ0v) is 16.6. The summed E-state index contributed by atoms with van der Waals surface area (Å²) < 4.78 is 11.9. The average Bonchev–Trinajstić information content (AvgIpc) is 2.90. The van der Waals surface area contributed by atoms with Gasteiger partial charge in [-0.15, -0.1) is 0 Å². The number of halogens is 1. The molecule has 5 rings (SSSR count). The van der Waals surface area contributed by atoms with Crippen LogP contribution in [0.4, 0.5) is 5.69 Å². The van der Waals surface area contributed by atoms with Gasteiger partial charge in [-0.25, -0.2) is 4.79 Å². The third-order valence-corrected chi connectivity index (χ3v) is 5.93. The minimum Gasteiger partial charge on any atom is -0.439 e. The van der Waals surface area contributed by atoms with Gasteiger partial charge in [-0.1, -0.05) is 28.1 Å². The smallest absolute Gasteiger partial charge is 0.345 e. The molecule has 2 aromatic carbocycles. The van der Waals surface area contributed by atoms with Gasteiger partial charge in [-0.05, 0) is 30.3 Å². The highest BCUT2D eigenvalue weighted by Crippen LogP contribution is 2.55. The number of para-hydroxylation sites is 1. The van der Waals surface area contributed by atoms with E-state index in [4.69, 9.17) is 14.9 Å². The highest BCUT2D eigenvalue weighted by atomic mass is 79.9. The van der Waals surface area contributed by atoms with Gasteiger partial charge >= 0.3 is 5.63 Å². The summed E-state index contributed by atoms with van der Waals surface area (Å²) >= 11 is 3.42. The second kappa shape index (κ2) is 5.72. The Hall–Kier alpha value is -3.57. The van der Waals surface area contributed by atoms with Crippen LogP contribution in [-0.4, -0.2) is 13.0 Å². The van der Waals surface area contributed by atoms with E-state index in [9.17, 15) is 14.9 Å². The molecule has 1 aromatic heterocycles. The molecule has 0 saturated heterocycles. The maximum absolute atomic E-state index is 13.6. The highest BCUT2D eigenvalue weighted by Gasteiger charge is 2.60. The molecule has 3 heterocycles. The van der Waals surface area contributed by atoms with Crippen molar-refractivity contribution in [2.24, 2.45) is 5.73 Å². The molecule has 3 aromatic rings. The summed E-state index contributed by atoms with van der Waals surface area (Å²) in [6.45, 7) is 0. The molecule has 0 fully saturated rings. The SMILES string of the molecule is CN1C(=O)C2(C(C#N)=C(N)Oc3c2c(=O)oc2ccccc32)c2cc(Br)ccc21. The van der Waals surface area contributed by atoms with Gasteiger partial charge in [0, 0.05) is 22.8 Å². The predicted molar refractivity (Wildman–Crippen MR) is 108 cm³/mol. The van der Waals surface area contributed by atoms with Crippen LogP contribution >= 0.6 is 15.9 Å². The lowest BCUT2D eigenvalue weighted by Gasteiger charge is -2.33. The Morgan fingerprint density at radius 1 is 1.21 bits per heavy atom. The van der Waals surface area contributed by atoms with E-state index < -0.39 is 16.9 Å². The Balaban J connectivity index is 2.04. The first-order valence-corrected chi connectivity index (χ1v) is 9.43. The van der Waals surface area contributed by atoms with Gasteiger partial charge in [0.1, 0.15) is 22.8 Å². The summed E-state index contributed by atoms with van der Waals surface area (Å²) in [7, 11) is 1.59. The Bertz CT molecular complexity index is 1380. The van der Waals surface area contributed by atoms with Crippen LogP contribution in [0.25, 0.3) is 11.0 Å². The zero-order valence-electron chi connectivity index (χ0n) is 15.0. The van der Waals surface area contributed by atoms with Crippen molar-refractivity contribution in [3.8, 4) is 11.8 Å². The molecule has 1 amide bonds. The number of carbonyl (C=O) groups excluding carboxylic acids is 1. The minimum absolute atomic E-state index is 0.0457.